The number of phosphoric acid groups is 2. The van der Waals surface area contributed by atoms with Crippen LogP contribution in [0.25, 0.3) is 0 Å². The van der Waals surface area contributed by atoms with E-state index in [4.69, 9.17) is 37.0 Å². The minimum absolute atomic E-state index is 0.109. The van der Waals surface area contributed by atoms with Crippen molar-refractivity contribution in [2.75, 3.05) is 39.6 Å². The number of aliphatic hydroxyl groups excluding tert-OH is 1. The van der Waals surface area contributed by atoms with Crippen LogP contribution in [0.3, 0.4) is 0 Å². The smallest absolute Gasteiger partial charge is 0.462 e. The Bertz CT molecular complexity index is 1890. The van der Waals surface area contributed by atoms with Crippen LogP contribution in [0, 0.1) is 5.92 Å². The molecule has 19 heteroatoms. The normalized spacial score (nSPS) is 13.9. The first-order chi connectivity index (χ1) is 48.0. The fourth-order valence-electron chi connectivity index (χ4n) is 12.4. The molecule has 0 aromatic rings. The first-order valence-electron chi connectivity index (χ1n) is 41.6. The minimum Gasteiger partial charge on any atom is -0.462 e. The first kappa shape index (κ1) is 97.1. The predicted octanol–water partition coefficient (Wildman–Crippen LogP) is 24.0. The number of hydrogen-bond acceptors (Lipinski definition) is 15. The molecule has 0 rings (SSSR count). The van der Waals surface area contributed by atoms with Gasteiger partial charge in [-0.05, 0) is 31.6 Å². The van der Waals surface area contributed by atoms with E-state index in [0.29, 0.717) is 25.7 Å². The Morgan fingerprint density at radius 3 is 0.687 bits per heavy atom. The highest BCUT2D eigenvalue weighted by atomic mass is 31.2. The van der Waals surface area contributed by atoms with Gasteiger partial charge in [-0.2, -0.15) is 0 Å². The van der Waals surface area contributed by atoms with Gasteiger partial charge in [0, 0.05) is 25.7 Å². The van der Waals surface area contributed by atoms with Crippen LogP contribution >= 0.6 is 15.6 Å². The van der Waals surface area contributed by atoms with E-state index in [0.717, 1.165) is 95.8 Å². The molecule has 0 spiro atoms. The number of rotatable bonds is 80. The molecule has 99 heavy (non-hydrogen) atoms. The number of aliphatic hydroxyl groups is 1. The van der Waals surface area contributed by atoms with Crippen LogP contribution in [0.1, 0.15) is 426 Å². The van der Waals surface area contributed by atoms with E-state index in [9.17, 15) is 43.2 Å². The summed E-state index contributed by atoms with van der Waals surface area (Å²) in [5.41, 5.74) is 0. The van der Waals surface area contributed by atoms with Crippen molar-refractivity contribution >= 4 is 39.5 Å². The molecule has 0 aromatic carbocycles. The molecule has 0 saturated heterocycles. The molecule has 0 heterocycles. The van der Waals surface area contributed by atoms with Crippen molar-refractivity contribution in [3.63, 3.8) is 0 Å². The second-order valence-corrected chi connectivity index (χ2v) is 32.2. The molecule has 0 aliphatic carbocycles. The Morgan fingerprint density at radius 1 is 0.273 bits per heavy atom. The summed E-state index contributed by atoms with van der Waals surface area (Å²) in [6.45, 7) is 7.35. The lowest BCUT2D eigenvalue weighted by molar-refractivity contribution is -0.161. The van der Waals surface area contributed by atoms with Crippen molar-refractivity contribution in [2.24, 2.45) is 5.92 Å². The lowest BCUT2D eigenvalue weighted by Gasteiger charge is -2.21. The van der Waals surface area contributed by atoms with Gasteiger partial charge in [-0.1, -0.05) is 375 Å². The van der Waals surface area contributed by atoms with Crippen LogP contribution in [-0.2, 0) is 65.4 Å². The maximum absolute atomic E-state index is 13.1. The fraction of sp³-hybridized carbons (Fsp3) is 0.950. The number of carbonyl (C=O) groups excluding carboxylic acids is 4. The summed E-state index contributed by atoms with van der Waals surface area (Å²) in [5.74, 6) is -1.32. The van der Waals surface area contributed by atoms with E-state index >= 15 is 0 Å². The lowest BCUT2D eigenvalue weighted by Crippen LogP contribution is -2.30. The molecule has 0 aliphatic rings. The van der Waals surface area contributed by atoms with Crippen LogP contribution in [0.4, 0.5) is 0 Å². The van der Waals surface area contributed by atoms with Gasteiger partial charge in [0.25, 0.3) is 0 Å². The van der Waals surface area contributed by atoms with Crippen molar-refractivity contribution in [2.45, 2.75) is 445 Å². The van der Waals surface area contributed by atoms with E-state index < -0.39 is 97.5 Å². The molecule has 0 radical (unpaired) electrons. The van der Waals surface area contributed by atoms with E-state index in [2.05, 4.69) is 34.6 Å². The molecular weight excluding hydrogens is 1290 g/mol. The molecule has 0 bridgehead atoms. The minimum atomic E-state index is -4.96. The van der Waals surface area contributed by atoms with Crippen LogP contribution < -0.4 is 0 Å². The second kappa shape index (κ2) is 73.0. The molecule has 0 fully saturated rings. The van der Waals surface area contributed by atoms with Crippen molar-refractivity contribution in [1.82, 2.24) is 0 Å². The summed E-state index contributed by atoms with van der Waals surface area (Å²) in [6.07, 6.45) is 63.6. The Hall–Kier alpha value is -1.94. The number of carbonyl (C=O) groups is 4. The first-order valence-corrected chi connectivity index (χ1v) is 44.6. The number of hydrogen-bond donors (Lipinski definition) is 3. The Balaban J connectivity index is 5.26. The average Bonchev–Trinajstić information content (AvgIpc) is 1.21. The van der Waals surface area contributed by atoms with Crippen LogP contribution in [0.15, 0.2) is 0 Å². The third-order valence-corrected chi connectivity index (χ3v) is 20.7. The van der Waals surface area contributed by atoms with Crippen LogP contribution in [-0.4, -0.2) is 96.7 Å². The van der Waals surface area contributed by atoms with Gasteiger partial charge in [-0.25, -0.2) is 9.13 Å². The van der Waals surface area contributed by atoms with Gasteiger partial charge in [0.15, 0.2) is 12.2 Å². The molecule has 0 amide bonds. The predicted molar refractivity (Wildman–Crippen MR) is 405 cm³/mol. The lowest BCUT2D eigenvalue weighted by atomic mass is 10.0. The zero-order valence-corrected chi connectivity index (χ0v) is 66.4. The largest absolute Gasteiger partial charge is 0.472 e. The number of ether oxygens (including phenoxy) is 4. The number of unbranched alkanes of at least 4 members (excludes halogenated alkanes) is 52. The Kier molecular flexibility index (Phi) is 71.6. The standard InChI is InChI=1S/C80H156O17P2/c1-6-9-12-15-18-21-24-27-29-30-32-34-41-46-51-56-61-66-80(85)97-76(70-91-78(83)64-59-54-49-44-39-36-35-37-42-47-52-57-62-73(4)5)72-95-99(88,89)93-68-74(81)67-92-98(86,87)94-71-75(69-90-77(82)63-58-53-48-43-38-26-23-20-17-14-11-8-3)96-79(84)65-60-55-50-45-40-33-31-28-25-22-19-16-13-10-7-2/h73-76,81H,6-72H2,1-5H3,(H,86,87)(H,88,89)/t74-,75+,76+/m0/s1. The number of phosphoric ester groups is 2. The van der Waals surface area contributed by atoms with Crippen molar-refractivity contribution in [3.05, 3.63) is 0 Å². The quantitative estimate of drug-likeness (QED) is 0.0222. The average molecular weight is 1450 g/mol. The third-order valence-electron chi connectivity index (χ3n) is 18.8. The molecule has 3 N–H and O–H groups in total. The van der Waals surface area contributed by atoms with Gasteiger partial charge in [-0.3, -0.25) is 37.3 Å². The summed E-state index contributed by atoms with van der Waals surface area (Å²) >= 11 is 0. The van der Waals surface area contributed by atoms with Gasteiger partial charge >= 0.3 is 39.5 Å². The SMILES string of the molecule is CCCCCCCCCCCCCCCCCCCC(=O)O[C@H](COC(=O)CCCCCCCCCCCCCCC(C)C)COP(=O)(O)OC[C@@H](O)COP(=O)(O)OC[C@@H](COC(=O)CCCCCCCCCCCCCC)OC(=O)CCCCCCCCCCCCCCCCC. The zero-order valence-electron chi connectivity index (χ0n) is 64.6. The van der Waals surface area contributed by atoms with Crippen LogP contribution in [0.2, 0.25) is 0 Å². The maximum Gasteiger partial charge on any atom is 0.472 e. The van der Waals surface area contributed by atoms with E-state index in [-0.39, 0.29) is 25.7 Å². The Morgan fingerprint density at radius 2 is 0.465 bits per heavy atom. The van der Waals surface area contributed by atoms with E-state index in [1.54, 1.807) is 0 Å². The van der Waals surface area contributed by atoms with Crippen molar-refractivity contribution in [3.8, 4) is 0 Å². The summed E-state index contributed by atoms with van der Waals surface area (Å²) in [7, 11) is -9.92. The molecule has 17 nitrogen and oxygen atoms in total. The van der Waals surface area contributed by atoms with Gasteiger partial charge in [0.2, 0.25) is 0 Å². The molecule has 588 valence electrons. The van der Waals surface area contributed by atoms with Gasteiger partial charge in [0.05, 0.1) is 26.4 Å². The van der Waals surface area contributed by atoms with Crippen LogP contribution in [0.5, 0.6) is 0 Å². The number of esters is 4. The summed E-state index contributed by atoms with van der Waals surface area (Å²) in [4.78, 5) is 73.0. The monoisotopic (exact) mass is 1450 g/mol. The molecule has 2 unspecified atom stereocenters. The summed E-state index contributed by atoms with van der Waals surface area (Å²) in [6, 6.07) is 0. The summed E-state index contributed by atoms with van der Waals surface area (Å²) < 4.78 is 68.7. The maximum atomic E-state index is 13.1. The second-order valence-electron chi connectivity index (χ2n) is 29.3. The molecule has 0 aromatic heterocycles. The molecule has 0 saturated carbocycles. The van der Waals surface area contributed by atoms with Gasteiger partial charge in [-0.15, -0.1) is 0 Å². The Labute approximate surface area is 607 Å². The molecular formula is C80H156O17P2. The highest BCUT2D eigenvalue weighted by molar-refractivity contribution is 7.47. The van der Waals surface area contributed by atoms with E-state index in [1.165, 1.54) is 250 Å². The van der Waals surface area contributed by atoms with Crippen molar-refractivity contribution < 1.29 is 80.2 Å². The molecule has 5 atom stereocenters. The third kappa shape index (κ3) is 74.1. The van der Waals surface area contributed by atoms with Crippen molar-refractivity contribution in [1.29, 1.82) is 0 Å². The van der Waals surface area contributed by atoms with Gasteiger partial charge in [0.1, 0.15) is 19.3 Å². The highest BCUT2D eigenvalue weighted by Gasteiger charge is 2.30. The fourth-order valence-corrected chi connectivity index (χ4v) is 14.0. The molecule has 0 aliphatic heterocycles. The van der Waals surface area contributed by atoms with Gasteiger partial charge < -0.3 is 33.8 Å². The zero-order chi connectivity index (χ0) is 72.7. The van der Waals surface area contributed by atoms with E-state index in [1.807, 2.05) is 0 Å². The summed E-state index contributed by atoms with van der Waals surface area (Å²) in [5, 5.41) is 10.6. The highest BCUT2D eigenvalue weighted by Crippen LogP contribution is 2.45. The topological polar surface area (TPSA) is 237 Å².